The van der Waals surface area contributed by atoms with Crippen molar-refractivity contribution in [3.8, 4) is 0 Å². The van der Waals surface area contributed by atoms with E-state index in [1.165, 1.54) is 17.0 Å². The fraction of sp³-hybridized carbons (Fsp3) is 0.381. The number of rotatable bonds is 2. The molecule has 0 N–H and O–H groups in total. The van der Waals surface area contributed by atoms with Crippen LogP contribution in [-0.4, -0.2) is 16.8 Å². The fourth-order valence-electron chi connectivity index (χ4n) is 4.62. The largest absolute Gasteiger partial charge is 0.348 e. The van der Waals surface area contributed by atoms with E-state index in [9.17, 15) is 0 Å². The summed E-state index contributed by atoms with van der Waals surface area (Å²) in [7, 11) is 0. The summed E-state index contributed by atoms with van der Waals surface area (Å²) in [4.78, 5) is 7.61. The Morgan fingerprint density at radius 3 is 2.35 bits per heavy atom. The van der Waals surface area contributed by atoms with Crippen molar-refractivity contribution in [1.82, 2.24) is 4.90 Å². The van der Waals surface area contributed by atoms with Crippen LogP contribution in [0.1, 0.15) is 44.9 Å². The van der Waals surface area contributed by atoms with E-state index < -0.39 is 0 Å². The van der Waals surface area contributed by atoms with Gasteiger partial charge in [-0.1, -0.05) is 62.4 Å². The van der Waals surface area contributed by atoms with Gasteiger partial charge in [0, 0.05) is 11.6 Å². The summed E-state index contributed by atoms with van der Waals surface area (Å²) in [5.74, 6) is 1.81. The molecule has 2 heterocycles. The smallest absolute Gasteiger partial charge is 0.118 e. The van der Waals surface area contributed by atoms with Crippen LogP contribution in [0.25, 0.3) is 0 Å². The normalized spacial score (nSPS) is 28.7. The highest BCUT2D eigenvalue weighted by atomic mass is 15.3. The van der Waals surface area contributed by atoms with Gasteiger partial charge in [-0.15, -0.1) is 0 Å². The van der Waals surface area contributed by atoms with Gasteiger partial charge < -0.3 is 4.90 Å². The number of amidine groups is 1. The van der Waals surface area contributed by atoms with Crippen molar-refractivity contribution in [2.75, 3.05) is 0 Å². The van der Waals surface area contributed by atoms with Crippen LogP contribution >= 0.6 is 0 Å². The zero-order valence-electron chi connectivity index (χ0n) is 14.3. The molecule has 0 radical (unpaired) electrons. The maximum Gasteiger partial charge on any atom is 0.118 e. The Bertz CT molecular complexity index is 762. The van der Waals surface area contributed by atoms with E-state index in [4.69, 9.17) is 4.99 Å². The monoisotopic (exact) mass is 304 g/mol. The molecule has 0 unspecified atom stereocenters. The molecule has 0 amide bonds. The second-order valence-corrected chi connectivity index (χ2v) is 7.33. The molecule has 1 saturated heterocycles. The molecule has 4 rings (SSSR count). The first-order valence-corrected chi connectivity index (χ1v) is 8.57. The number of hydrogen-bond acceptors (Lipinski definition) is 2. The number of benzene rings is 2. The zero-order chi connectivity index (χ0) is 16.2. The van der Waals surface area contributed by atoms with Gasteiger partial charge in [0.15, 0.2) is 0 Å². The Morgan fingerprint density at radius 2 is 1.65 bits per heavy atom. The molecule has 0 aromatic heterocycles. The van der Waals surface area contributed by atoms with Crippen molar-refractivity contribution in [1.29, 1.82) is 0 Å². The lowest BCUT2D eigenvalue weighted by molar-refractivity contribution is 0.0730. The maximum absolute atomic E-state index is 5.07. The minimum atomic E-state index is -0.00276. The van der Waals surface area contributed by atoms with Crippen LogP contribution in [0.4, 0.5) is 5.69 Å². The Balaban J connectivity index is 1.90. The highest BCUT2D eigenvalue weighted by Crippen LogP contribution is 2.53. The minimum Gasteiger partial charge on any atom is -0.348 e. The quantitative estimate of drug-likeness (QED) is 0.754. The molecule has 2 aliphatic rings. The fourth-order valence-corrected chi connectivity index (χ4v) is 4.62. The standard InChI is InChI=1S/C21H24N2/c1-14(2)19-21(4,16-10-6-5-7-11-16)20-22-18-13-9-8-12-17(18)15(3)23(19)20/h5-15,19H,1-4H3/t15-,19-,21+/m0/s1. The summed E-state index contributed by atoms with van der Waals surface area (Å²) in [6.07, 6.45) is 0. The Labute approximate surface area is 138 Å². The molecular weight excluding hydrogens is 280 g/mol. The van der Waals surface area contributed by atoms with Crippen LogP contribution in [0.5, 0.6) is 0 Å². The average molecular weight is 304 g/mol. The first kappa shape index (κ1) is 14.5. The summed E-state index contributed by atoms with van der Waals surface area (Å²) < 4.78 is 0. The lowest BCUT2D eigenvalue weighted by Crippen LogP contribution is -2.72. The van der Waals surface area contributed by atoms with Crippen molar-refractivity contribution in [2.24, 2.45) is 10.9 Å². The van der Waals surface area contributed by atoms with Gasteiger partial charge in [-0.05, 0) is 31.4 Å². The van der Waals surface area contributed by atoms with E-state index in [0.717, 1.165) is 5.69 Å². The van der Waals surface area contributed by atoms with Crippen LogP contribution in [0, 0.1) is 5.92 Å². The topological polar surface area (TPSA) is 15.6 Å². The van der Waals surface area contributed by atoms with Crippen molar-refractivity contribution in [2.45, 2.75) is 45.2 Å². The molecule has 3 atom stereocenters. The van der Waals surface area contributed by atoms with Gasteiger partial charge in [0.05, 0.1) is 17.1 Å². The molecule has 0 saturated carbocycles. The summed E-state index contributed by atoms with van der Waals surface area (Å²) in [6.45, 7) is 9.34. The van der Waals surface area contributed by atoms with E-state index >= 15 is 0 Å². The third-order valence-electron chi connectivity index (χ3n) is 5.64. The van der Waals surface area contributed by atoms with Gasteiger partial charge in [-0.3, -0.25) is 0 Å². The number of aliphatic imine (C=N–C) groups is 1. The van der Waals surface area contributed by atoms with Gasteiger partial charge in [0.2, 0.25) is 0 Å². The molecule has 2 nitrogen and oxygen atoms in total. The van der Waals surface area contributed by atoms with Gasteiger partial charge >= 0.3 is 0 Å². The highest BCUT2D eigenvalue weighted by Gasteiger charge is 2.59. The third kappa shape index (κ3) is 1.84. The summed E-state index contributed by atoms with van der Waals surface area (Å²) in [5.41, 5.74) is 3.85. The number of nitrogens with zero attached hydrogens (tertiary/aromatic N) is 2. The molecule has 1 fully saturated rings. The van der Waals surface area contributed by atoms with E-state index in [-0.39, 0.29) is 5.41 Å². The lowest BCUT2D eigenvalue weighted by atomic mass is 9.61. The molecule has 2 aliphatic heterocycles. The molecular formula is C21H24N2. The molecule has 23 heavy (non-hydrogen) atoms. The SMILES string of the molecule is CC(C)[C@@H]1N2C(=Nc3ccccc3[C@@H]2C)[C@]1(C)c1ccccc1. The van der Waals surface area contributed by atoms with Gasteiger partial charge in [0.1, 0.15) is 5.84 Å². The zero-order valence-corrected chi connectivity index (χ0v) is 14.3. The van der Waals surface area contributed by atoms with Crippen molar-refractivity contribution < 1.29 is 0 Å². The molecule has 118 valence electrons. The Morgan fingerprint density at radius 1 is 1.00 bits per heavy atom. The summed E-state index contributed by atoms with van der Waals surface area (Å²) >= 11 is 0. The molecule has 0 spiro atoms. The number of hydrogen-bond donors (Lipinski definition) is 0. The molecule has 2 heteroatoms. The highest BCUT2D eigenvalue weighted by molar-refractivity contribution is 6.03. The molecule has 0 bridgehead atoms. The van der Waals surface area contributed by atoms with Crippen molar-refractivity contribution in [3.63, 3.8) is 0 Å². The summed E-state index contributed by atoms with van der Waals surface area (Å²) in [5, 5.41) is 0. The predicted molar refractivity (Wildman–Crippen MR) is 96.2 cm³/mol. The molecule has 0 aliphatic carbocycles. The first-order valence-electron chi connectivity index (χ1n) is 8.57. The van der Waals surface area contributed by atoms with E-state index in [0.29, 0.717) is 18.0 Å². The minimum absolute atomic E-state index is 0.00276. The molecule has 2 aromatic carbocycles. The number of para-hydroxylation sites is 1. The van der Waals surface area contributed by atoms with Gasteiger partial charge in [0.25, 0.3) is 0 Å². The summed E-state index contributed by atoms with van der Waals surface area (Å²) in [6, 6.07) is 20.3. The second-order valence-electron chi connectivity index (χ2n) is 7.33. The van der Waals surface area contributed by atoms with Crippen LogP contribution in [0.15, 0.2) is 59.6 Å². The van der Waals surface area contributed by atoms with Crippen LogP contribution in [0.2, 0.25) is 0 Å². The van der Waals surface area contributed by atoms with Crippen molar-refractivity contribution >= 4 is 11.5 Å². The van der Waals surface area contributed by atoms with Crippen LogP contribution in [0.3, 0.4) is 0 Å². The van der Waals surface area contributed by atoms with Gasteiger partial charge in [-0.25, -0.2) is 4.99 Å². The maximum atomic E-state index is 5.07. The third-order valence-corrected chi connectivity index (χ3v) is 5.64. The van der Waals surface area contributed by atoms with Crippen LogP contribution < -0.4 is 0 Å². The Hall–Kier alpha value is -2.09. The predicted octanol–water partition coefficient (Wildman–Crippen LogP) is 5.09. The second kappa shape index (κ2) is 4.95. The first-order chi connectivity index (χ1) is 11.0. The number of fused-ring (bicyclic) bond motifs is 2. The molecule has 2 aromatic rings. The van der Waals surface area contributed by atoms with Gasteiger partial charge in [-0.2, -0.15) is 0 Å². The average Bonchev–Trinajstić information content (AvgIpc) is 2.56. The van der Waals surface area contributed by atoms with Crippen LogP contribution in [-0.2, 0) is 5.41 Å². The van der Waals surface area contributed by atoms with E-state index in [1.54, 1.807) is 0 Å². The Kier molecular flexibility index (Phi) is 3.12. The van der Waals surface area contributed by atoms with E-state index in [2.05, 4.69) is 87.2 Å². The van der Waals surface area contributed by atoms with Crippen molar-refractivity contribution in [3.05, 3.63) is 65.7 Å². The van der Waals surface area contributed by atoms with E-state index in [1.807, 2.05) is 0 Å². The lowest BCUT2D eigenvalue weighted by Gasteiger charge is -2.63.